The fraction of sp³-hybridized carbons (Fsp3) is 0.533. The lowest BCUT2D eigenvalue weighted by atomic mass is 9.89. The summed E-state index contributed by atoms with van der Waals surface area (Å²) in [5.41, 5.74) is 5.85. The molecule has 0 radical (unpaired) electrons. The van der Waals surface area contributed by atoms with Crippen molar-refractivity contribution >= 4 is 17.5 Å². The molecule has 2 rings (SSSR count). The van der Waals surface area contributed by atoms with Crippen LogP contribution in [0, 0.1) is 11.7 Å². The first-order chi connectivity index (χ1) is 10.1. The second-order valence-electron chi connectivity index (χ2n) is 5.34. The van der Waals surface area contributed by atoms with Gasteiger partial charge in [0.15, 0.2) is 0 Å². The second-order valence-corrected chi connectivity index (χ2v) is 5.78. The van der Waals surface area contributed by atoms with Crippen LogP contribution in [0.15, 0.2) is 18.2 Å². The van der Waals surface area contributed by atoms with Gasteiger partial charge >= 0.3 is 0 Å². The van der Waals surface area contributed by atoms with Crippen LogP contribution in [0.5, 0.6) is 0 Å². The van der Waals surface area contributed by atoms with Gasteiger partial charge in [-0.3, -0.25) is 4.79 Å². The first kappa shape index (κ1) is 16.2. The van der Waals surface area contributed by atoms with Gasteiger partial charge in [0, 0.05) is 42.8 Å². The zero-order valence-electron chi connectivity index (χ0n) is 11.8. The van der Waals surface area contributed by atoms with Gasteiger partial charge in [-0.1, -0.05) is 17.7 Å². The fourth-order valence-electron chi connectivity index (χ4n) is 2.65. The summed E-state index contributed by atoms with van der Waals surface area (Å²) in [6.45, 7) is 1.73. The van der Waals surface area contributed by atoms with Crippen LogP contribution in [0.25, 0.3) is 0 Å². The van der Waals surface area contributed by atoms with Crippen LogP contribution in [0.4, 0.5) is 4.39 Å². The van der Waals surface area contributed by atoms with Crippen LogP contribution in [0.1, 0.15) is 24.8 Å². The molecule has 116 valence electrons. The van der Waals surface area contributed by atoms with Gasteiger partial charge < -0.3 is 15.8 Å². The summed E-state index contributed by atoms with van der Waals surface area (Å²) in [7, 11) is 0. The maximum absolute atomic E-state index is 13.8. The van der Waals surface area contributed by atoms with E-state index < -0.39 is 0 Å². The number of carbonyl (C=O) groups is 1. The maximum Gasteiger partial charge on any atom is 0.218 e. The molecular formula is C15H20ClFN2O2. The topological polar surface area (TPSA) is 64.4 Å². The molecule has 3 N–H and O–H groups in total. The zero-order chi connectivity index (χ0) is 15.2. The predicted molar refractivity (Wildman–Crippen MR) is 79.4 cm³/mol. The second kappa shape index (κ2) is 7.73. The van der Waals surface area contributed by atoms with Crippen molar-refractivity contribution in [2.75, 3.05) is 13.2 Å². The minimum Gasteiger partial charge on any atom is -0.381 e. The highest BCUT2D eigenvalue weighted by molar-refractivity contribution is 6.30. The van der Waals surface area contributed by atoms with E-state index in [-0.39, 0.29) is 24.2 Å². The van der Waals surface area contributed by atoms with Crippen molar-refractivity contribution in [2.45, 2.75) is 31.8 Å². The minimum atomic E-state index is -0.351. The number of benzene rings is 1. The Morgan fingerprint density at radius 2 is 2.19 bits per heavy atom. The van der Waals surface area contributed by atoms with Gasteiger partial charge in [-0.05, 0) is 30.9 Å². The molecule has 0 bridgehead atoms. The summed E-state index contributed by atoms with van der Waals surface area (Å²) < 4.78 is 19.1. The third kappa shape index (κ3) is 4.95. The van der Waals surface area contributed by atoms with Gasteiger partial charge in [0.1, 0.15) is 5.82 Å². The third-order valence-electron chi connectivity index (χ3n) is 3.83. The van der Waals surface area contributed by atoms with E-state index in [1.165, 1.54) is 6.07 Å². The Kier molecular flexibility index (Phi) is 5.96. The Labute approximate surface area is 128 Å². The van der Waals surface area contributed by atoms with Crippen LogP contribution in [0.3, 0.4) is 0 Å². The molecule has 1 heterocycles. The van der Waals surface area contributed by atoms with Crippen molar-refractivity contribution in [3.63, 3.8) is 0 Å². The molecular weight excluding hydrogens is 295 g/mol. The predicted octanol–water partition coefficient (Wildman–Crippen LogP) is 2.24. The van der Waals surface area contributed by atoms with E-state index in [0.29, 0.717) is 36.3 Å². The normalized spacial score (nSPS) is 17.6. The Morgan fingerprint density at radius 1 is 1.48 bits per heavy atom. The molecule has 1 amide bonds. The molecule has 0 spiro atoms. The van der Waals surface area contributed by atoms with E-state index in [1.807, 2.05) is 0 Å². The highest BCUT2D eigenvalue weighted by Gasteiger charge is 2.25. The number of rotatable bonds is 6. The first-order valence-corrected chi connectivity index (χ1v) is 7.47. The van der Waals surface area contributed by atoms with Crippen LogP contribution < -0.4 is 11.1 Å². The van der Waals surface area contributed by atoms with Gasteiger partial charge in [0.05, 0.1) is 0 Å². The van der Waals surface area contributed by atoms with Crippen molar-refractivity contribution in [2.24, 2.45) is 11.7 Å². The number of nitrogens with one attached hydrogen (secondary N) is 1. The molecule has 1 aliphatic rings. The Morgan fingerprint density at radius 3 is 2.81 bits per heavy atom. The van der Waals surface area contributed by atoms with E-state index in [2.05, 4.69) is 5.32 Å². The van der Waals surface area contributed by atoms with E-state index in [1.54, 1.807) is 12.1 Å². The molecule has 1 aromatic rings. The first-order valence-electron chi connectivity index (χ1n) is 7.09. The number of nitrogens with two attached hydrogens (primary N) is 1. The number of carbonyl (C=O) groups excluding carboxylic acids is 1. The van der Waals surface area contributed by atoms with Crippen LogP contribution in [-0.4, -0.2) is 25.2 Å². The quantitative estimate of drug-likeness (QED) is 0.846. The SMILES string of the molecule is NC(=O)CC(NCc1ccc(Cl)cc1F)C1CCOCC1. The van der Waals surface area contributed by atoms with Crippen LogP contribution >= 0.6 is 11.6 Å². The van der Waals surface area contributed by atoms with Crippen molar-refractivity contribution in [3.8, 4) is 0 Å². The average Bonchev–Trinajstić information content (AvgIpc) is 2.45. The summed E-state index contributed by atoms with van der Waals surface area (Å²) in [6.07, 6.45) is 2.02. The van der Waals surface area contributed by atoms with E-state index >= 15 is 0 Å². The summed E-state index contributed by atoms with van der Waals surface area (Å²) in [5.74, 6) is -0.378. The number of amides is 1. The minimum absolute atomic E-state index is 0.0542. The Bertz CT molecular complexity index is 493. The molecule has 6 heteroatoms. The Balaban J connectivity index is 1.98. The van der Waals surface area contributed by atoms with Crippen molar-refractivity contribution < 1.29 is 13.9 Å². The van der Waals surface area contributed by atoms with Crippen molar-refractivity contribution in [1.82, 2.24) is 5.32 Å². The van der Waals surface area contributed by atoms with Gasteiger partial charge in [-0.2, -0.15) is 0 Å². The molecule has 1 saturated heterocycles. The van der Waals surface area contributed by atoms with Crippen LogP contribution in [0.2, 0.25) is 5.02 Å². The smallest absolute Gasteiger partial charge is 0.218 e. The molecule has 1 unspecified atom stereocenters. The molecule has 0 aromatic heterocycles. The molecule has 0 saturated carbocycles. The fourth-order valence-corrected chi connectivity index (χ4v) is 2.81. The number of hydrogen-bond acceptors (Lipinski definition) is 3. The lowest BCUT2D eigenvalue weighted by Crippen LogP contribution is -2.41. The zero-order valence-corrected chi connectivity index (χ0v) is 12.5. The molecule has 1 aliphatic heterocycles. The molecule has 4 nitrogen and oxygen atoms in total. The number of ether oxygens (including phenoxy) is 1. The van der Waals surface area contributed by atoms with Gasteiger partial charge in [0.25, 0.3) is 0 Å². The van der Waals surface area contributed by atoms with E-state index in [9.17, 15) is 9.18 Å². The van der Waals surface area contributed by atoms with Gasteiger partial charge in [-0.25, -0.2) is 4.39 Å². The average molecular weight is 315 g/mol. The number of halogens is 2. The van der Waals surface area contributed by atoms with Crippen molar-refractivity contribution in [3.05, 3.63) is 34.6 Å². The van der Waals surface area contributed by atoms with Crippen LogP contribution in [-0.2, 0) is 16.1 Å². The van der Waals surface area contributed by atoms with Gasteiger partial charge in [0.2, 0.25) is 5.91 Å². The van der Waals surface area contributed by atoms with E-state index in [4.69, 9.17) is 22.1 Å². The largest absolute Gasteiger partial charge is 0.381 e. The maximum atomic E-state index is 13.8. The lowest BCUT2D eigenvalue weighted by Gasteiger charge is -2.30. The van der Waals surface area contributed by atoms with Gasteiger partial charge in [-0.15, -0.1) is 0 Å². The number of primary amides is 1. The molecule has 0 aliphatic carbocycles. The summed E-state index contributed by atoms with van der Waals surface area (Å²) in [4.78, 5) is 11.2. The molecule has 1 atom stereocenters. The standard InChI is InChI=1S/C15H20ClFN2O2/c16-12-2-1-11(13(17)7-12)9-19-14(8-15(18)20)10-3-5-21-6-4-10/h1-2,7,10,14,19H,3-6,8-9H2,(H2,18,20). The molecule has 1 aromatic carbocycles. The molecule has 1 fully saturated rings. The third-order valence-corrected chi connectivity index (χ3v) is 4.06. The summed E-state index contributed by atoms with van der Waals surface area (Å²) in [5, 5.41) is 3.63. The van der Waals surface area contributed by atoms with E-state index in [0.717, 1.165) is 12.8 Å². The monoisotopic (exact) mass is 314 g/mol. The van der Waals surface area contributed by atoms with Crippen molar-refractivity contribution in [1.29, 1.82) is 0 Å². The summed E-state index contributed by atoms with van der Waals surface area (Å²) >= 11 is 5.73. The Hall–Kier alpha value is -1.17. The highest BCUT2D eigenvalue weighted by Crippen LogP contribution is 2.22. The lowest BCUT2D eigenvalue weighted by molar-refractivity contribution is -0.119. The molecule has 21 heavy (non-hydrogen) atoms. The highest BCUT2D eigenvalue weighted by atomic mass is 35.5. The number of hydrogen-bond donors (Lipinski definition) is 2. The summed E-state index contributed by atoms with van der Waals surface area (Å²) in [6, 6.07) is 4.53.